The van der Waals surface area contributed by atoms with E-state index in [1.165, 1.54) is 4.90 Å². The summed E-state index contributed by atoms with van der Waals surface area (Å²) in [6.45, 7) is 0.353. The number of hydrogen-bond donors (Lipinski definition) is 0. The maximum atomic E-state index is 12.5. The van der Waals surface area contributed by atoms with Crippen LogP contribution in [-0.2, 0) is 16.6 Å². The number of aryl methyl sites for hydroxylation is 1. The van der Waals surface area contributed by atoms with Gasteiger partial charge in [-0.3, -0.25) is 4.79 Å². The summed E-state index contributed by atoms with van der Waals surface area (Å²) < 4.78 is 18.7. The Balaban J connectivity index is 1.33. The first-order chi connectivity index (χ1) is 14.0. The Morgan fingerprint density at radius 3 is 2.69 bits per heavy atom. The maximum absolute atomic E-state index is 12.5. The highest BCUT2D eigenvalue weighted by Crippen LogP contribution is 2.31. The van der Waals surface area contributed by atoms with Crippen LogP contribution in [0.4, 0.5) is 0 Å². The van der Waals surface area contributed by atoms with Crippen LogP contribution >= 0.6 is 0 Å². The lowest BCUT2D eigenvalue weighted by molar-refractivity contribution is -0.134. The van der Waals surface area contributed by atoms with Crippen molar-refractivity contribution in [3.05, 3.63) is 60.3 Å². The largest absolute Gasteiger partial charge is 0.486 e. The minimum atomic E-state index is -0.519. The topological polar surface area (TPSA) is 70.0 Å². The normalized spacial score (nSPS) is 15.2. The van der Waals surface area contributed by atoms with Gasteiger partial charge in [-0.2, -0.15) is 0 Å². The van der Waals surface area contributed by atoms with E-state index >= 15 is 0 Å². The number of benzene rings is 2. The highest BCUT2D eigenvalue weighted by atomic mass is 16.6. The van der Waals surface area contributed by atoms with E-state index in [2.05, 4.69) is 0 Å². The number of hydrogen-bond acceptors (Lipinski definition) is 5. The van der Waals surface area contributed by atoms with Crippen LogP contribution in [0.2, 0.25) is 0 Å². The van der Waals surface area contributed by atoms with Crippen molar-refractivity contribution in [3.8, 4) is 11.5 Å². The molecule has 0 radical (unpaired) electrons. The van der Waals surface area contributed by atoms with Crippen LogP contribution in [0.15, 0.2) is 54.7 Å². The van der Waals surface area contributed by atoms with Crippen molar-refractivity contribution in [1.82, 2.24) is 9.47 Å². The van der Waals surface area contributed by atoms with Gasteiger partial charge in [-0.15, -0.1) is 0 Å². The van der Waals surface area contributed by atoms with Crippen LogP contribution in [0.1, 0.15) is 10.4 Å². The maximum Gasteiger partial charge on any atom is 0.340 e. The molecule has 150 valence electrons. The van der Waals surface area contributed by atoms with E-state index in [-0.39, 0.29) is 18.6 Å². The summed E-state index contributed by atoms with van der Waals surface area (Å²) in [5.74, 6) is 0.532. The summed E-state index contributed by atoms with van der Waals surface area (Å²) in [7, 11) is 3.51. The molecule has 0 N–H and O–H groups in total. The van der Waals surface area contributed by atoms with Crippen LogP contribution in [0.3, 0.4) is 0 Å². The highest BCUT2D eigenvalue weighted by molar-refractivity contribution is 6.04. The molecular formula is C22H22N2O5. The smallest absolute Gasteiger partial charge is 0.340 e. The number of para-hydroxylation sites is 3. The van der Waals surface area contributed by atoms with E-state index in [1.54, 1.807) is 13.2 Å². The third kappa shape index (κ3) is 3.89. The summed E-state index contributed by atoms with van der Waals surface area (Å²) in [4.78, 5) is 26.4. The average Bonchev–Trinajstić information content (AvgIpc) is 3.08. The zero-order chi connectivity index (χ0) is 20.4. The van der Waals surface area contributed by atoms with E-state index in [1.807, 2.05) is 60.1 Å². The van der Waals surface area contributed by atoms with Crippen LogP contribution in [0, 0.1) is 0 Å². The Labute approximate surface area is 168 Å². The van der Waals surface area contributed by atoms with Crippen molar-refractivity contribution in [2.75, 3.05) is 26.8 Å². The molecule has 1 amide bonds. The summed E-state index contributed by atoms with van der Waals surface area (Å²) in [5.41, 5.74) is 1.37. The third-order valence-electron chi connectivity index (χ3n) is 4.91. The van der Waals surface area contributed by atoms with Gasteiger partial charge in [0.15, 0.2) is 24.2 Å². The van der Waals surface area contributed by atoms with Gasteiger partial charge in [-0.05, 0) is 18.2 Å². The molecular weight excluding hydrogens is 372 g/mol. The third-order valence-corrected chi connectivity index (χ3v) is 4.91. The van der Waals surface area contributed by atoms with E-state index in [4.69, 9.17) is 14.2 Å². The molecule has 7 nitrogen and oxygen atoms in total. The summed E-state index contributed by atoms with van der Waals surface area (Å²) in [5, 5.41) is 0.798. The molecule has 1 aliphatic rings. The summed E-state index contributed by atoms with van der Waals surface area (Å²) in [6.07, 6.45) is 1.43. The molecule has 0 bridgehead atoms. The summed E-state index contributed by atoms with van der Waals surface area (Å²) >= 11 is 0. The minimum Gasteiger partial charge on any atom is -0.486 e. The van der Waals surface area contributed by atoms with Gasteiger partial charge in [0.25, 0.3) is 5.91 Å². The van der Waals surface area contributed by atoms with E-state index in [0.717, 1.165) is 10.9 Å². The predicted octanol–water partition coefficient (Wildman–Crippen LogP) is 2.63. The molecule has 1 unspecified atom stereocenters. The van der Waals surface area contributed by atoms with E-state index in [0.29, 0.717) is 30.2 Å². The molecule has 0 saturated heterocycles. The lowest BCUT2D eigenvalue weighted by Gasteiger charge is -2.29. The fourth-order valence-corrected chi connectivity index (χ4v) is 3.38. The van der Waals surface area contributed by atoms with Crippen molar-refractivity contribution >= 4 is 22.8 Å². The fourth-order valence-electron chi connectivity index (χ4n) is 3.38. The number of fused-ring (bicyclic) bond motifs is 2. The molecule has 0 saturated carbocycles. The van der Waals surface area contributed by atoms with Crippen LogP contribution in [-0.4, -0.2) is 54.3 Å². The first-order valence-corrected chi connectivity index (χ1v) is 9.36. The molecule has 0 fully saturated rings. The molecule has 1 aliphatic heterocycles. The lowest BCUT2D eigenvalue weighted by atomic mass is 10.2. The number of ether oxygens (including phenoxy) is 3. The van der Waals surface area contributed by atoms with Crippen LogP contribution < -0.4 is 9.47 Å². The SMILES string of the molecule is CN(CC1COc2ccccc2O1)C(=O)COC(=O)c1cn(C)c2ccccc12. The Bertz CT molecular complexity index is 1060. The van der Waals surface area contributed by atoms with Crippen molar-refractivity contribution in [3.63, 3.8) is 0 Å². The molecule has 3 aromatic rings. The summed E-state index contributed by atoms with van der Waals surface area (Å²) in [6, 6.07) is 15.0. The lowest BCUT2D eigenvalue weighted by Crippen LogP contribution is -2.43. The van der Waals surface area contributed by atoms with Crippen LogP contribution in [0.5, 0.6) is 11.5 Å². The number of rotatable bonds is 5. The first-order valence-electron chi connectivity index (χ1n) is 9.36. The predicted molar refractivity (Wildman–Crippen MR) is 107 cm³/mol. The van der Waals surface area contributed by atoms with Gasteiger partial charge in [0, 0.05) is 31.2 Å². The number of aromatic nitrogens is 1. The Kier molecular flexibility index (Phi) is 5.12. The molecule has 0 aliphatic carbocycles. The quantitative estimate of drug-likeness (QED) is 0.622. The van der Waals surface area contributed by atoms with E-state index in [9.17, 15) is 9.59 Å². The number of esters is 1. The Morgan fingerprint density at radius 2 is 1.86 bits per heavy atom. The van der Waals surface area contributed by atoms with Gasteiger partial charge in [0.2, 0.25) is 0 Å². The molecule has 0 spiro atoms. The van der Waals surface area contributed by atoms with Gasteiger partial charge >= 0.3 is 5.97 Å². The van der Waals surface area contributed by atoms with Gasteiger partial charge in [-0.1, -0.05) is 30.3 Å². The average molecular weight is 394 g/mol. The van der Waals surface area contributed by atoms with Crippen molar-refractivity contribution < 1.29 is 23.8 Å². The number of amides is 1. The molecule has 4 rings (SSSR count). The van der Waals surface area contributed by atoms with Gasteiger partial charge in [0.1, 0.15) is 6.61 Å². The Morgan fingerprint density at radius 1 is 1.14 bits per heavy atom. The molecule has 2 heterocycles. The van der Waals surface area contributed by atoms with Gasteiger partial charge in [-0.25, -0.2) is 4.79 Å². The second-order valence-electron chi connectivity index (χ2n) is 7.02. The monoisotopic (exact) mass is 394 g/mol. The number of nitrogens with zero attached hydrogens (tertiary/aromatic N) is 2. The second-order valence-corrected chi connectivity index (χ2v) is 7.02. The Hall–Kier alpha value is -3.48. The number of carbonyl (C=O) groups excluding carboxylic acids is 2. The zero-order valence-electron chi connectivity index (χ0n) is 16.3. The van der Waals surface area contributed by atoms with Crippen molar-refractivity contribution in [2.24, 2.45) is 7.05 Å². The fraction of sp³-hybridized carbons (Fsp3) is 0.273. The standard InChI is InChI=1S/C22H22N2O5/c1-23-12-17(16-7-3-4-8-18(16)23)22(26)28-14-21(25)24(2)11-15-13-27-19-9-5-6-10-20(19)29-15/h3-10,12,15H,11,13-14H2,1-2H3. The van der Waals surface area contributed by atoms with Gasteiger partial charge in [0.05, 0.1) is 12.1 Å². The van der Waals surface area contributed by atoms with Crippen molar-refractivity contribution in [2.45, 2.75) is 6.10 Å². The highest BCUT2D eigenvalue weighted by Gasteiger charge is 2.24. The molecule has 1 atom stereocenters. The molecule has 7 heteroatoms. The van der Waals surface area contributed by atoms with Gasteiger partial charge < -0.3 is 23.7 Å². The number of carbonyl (C=O) groups is 2. The zero-order valence-corrected chi connectivity index (χ0v) is 16.3. The van der Waals surface area contributed by atoms with E-state index < -0.39 is 5.97 Å². The second kappa shape index (κ2) is 7.87. The molecule has 2 aromatic carbocycles. The minimum absolute atomic E-state index is 0.285. The van der Waals surface area contributed by atoms with Crippen molar-refractivity contribution in [1.29, 1.82) is 0 Å². The first kappa shape index (κ1) is 18.9. The van der Waals surface area contributed by atoms with Crippen LogP contribution in [0.25, 0.3) is 10.9 Å². The molecule has 1 aromatic heterocycles. The number of likely N-dealkylation sites (N-methyl/N-ethyl adjacent to an activating group) is 1. The molecule has 29 heavy (non-hydrogen) atoms.